The van der Waals surface area contributed by atoms with Crippen molar-refractivity contribution in [3.05, 3.63) is 23.3 Å². The molecule has 0 fully saturated rings. The van der Waals surface area contributed by atoms with Crippen LogP contribution in [0.5, 0.6) is 0 Å². The van der Waals surface area contributed by atoms with E-state index in [0.29, 0.717) is 0 Å². The third-order valence-corrected chi connectivity index (χ3v) is 4.05. The molecule has 0 saturated carbocycles. The molecule has 0 bridgehead atoms. The van der Waals surface area contributed by atoms with E-state index in [1.54, 1.807) is 11.1 Å². The predicted octanol–water partition coefficient (Wildman–Crippen LogP) is 3.70. The average molecular weight is 205 g/mol. The van der Waals surface area contributed by atoms with Crippen LogP contribution >= 0.6 is 0 Å². The molecule has 0 amide bonds. The van der Waals surface area contributed by atoms with Crippen LogP contribution in [0.25, 0.3) is 0 Å². The Hall–Kier alpha value is -0.560. The first kappa shape index (κ1) is 10.9. The van der Waals surface area contributed by atoms with Crippen molar-refractivity contribution in [2.24, 2.45) is 5.73 Å². The van der Waals surface area contributed by atoms with Gasteiger partial charge in [0.05, 0.1) is 0 Å². The molecular weight excluding hydrogens is 182 g/mol. The molecule has 0 saturated heterocycles. The summed E-state index contributed by atoms with van der Waals surface area (Å²) in [6.45, 7) is 2.21. The minimum absolute atomic E-state index is 0.0960. The Bertz CT molecular complexity index is 288. The molecular formula is C14H23N. The fourth-order valence-electron chi connectivity index (χ4n) is 2.66. The van der Waals surface area contributed by atoms with Crippen LogP contribution in [0.2, 0.25) is 0 Å². The summed E-state index contributed by atoms with van der Waals surface area (Å²) in [6, 6.07) is 0. The van der Waals surface area contributed by atoms with Gasteiger partial charge in [-0.1, -0.05) is 19.1 Å². The summed E-state index contributed by atoms with van der Waals surface area (Å²) < 4.78 is 0. The van der Waals surface area contributed by atoms with Gasteiger partial charge in [-0.05, 0) is 62.5 Å². The Morgan fingerprint density at radius 1 is 1.20 bits per heavy atom. The van der Waals surface area contributed by atoms with Crippen molar-refractivity contribution in [3.8, 4) is 0 Å². The van der Waals surface area contributed by atoms with E-state index in [1.807, 2.05) is 0 Å². The van der Waals surface area contributed by atoms with Gasteiger partial charge in [-0.2, -0.15) is 0 Å². The maximum absolute atomic E-state index is 6.29. The van der Waals surface area contributed by atoms with Gasteiger partial charge < -0.3 is 5.73 Å². The molecule has 0 heterocycles. The fourth-order valence-corrected chi connectivity index (χ4v) is 2.66. The molecule has 0 aromatic heterocycles. The molecule has 0 aromatic rings. The molecule has 1 unspecified atom stereocenters. The number of rotatable bonds is 2. The van der Waals surface area contributed by atoms with Gasteiger partial charge in [0.15, 0.2) is 0 Å². The smallest absolute Gasteiger partial charge is 0.0189 e. The lowest BCUT2D eigenvalue weighted by Crippen LogP contribution is -2.40. The molecule has 2 N–H and O–H groups in total. The van der Waals surface area contributed by atoms with E-state index < -0.39 is 0 Å². The highest BCUT2D eigenvalue weighted by atomic mass is 14.7. The van der Waals surface area contributed by atoms with Gasteiger partial charge in [0.2, 0.25) is 0 Å². The Morgan fingerprint density at radius 2 is 2.00 bits per heavy atom. The Labute approximate surface area is 93.4 Å². The monoisotopic (exact) mass is 205 g/mol. The first-order valence-electron chi connectivity index (χ1n) is 6.41. The van der Waals surface area contributed by atoms with Crippen LogP contribution in [-0.4, -0.2) is 5.54 Å². The Balaban J connectivity index is 2.04. The van der Waals surface area contributed by atoms with Crippen LogP contribution in [0.15, 0.2) is 23.3 Å². The average Bonchev–Trinajstić information content (AvgIpc) is 2.31. The highest BCUT2D eigenvalue weighted by molar-refractivity contribution is 5.34. The van der Waals surface area contributed by atoms with Crippen molar-refractivity contribution < 1.29 is 0 Å². The minimum atomic E-state index is 0.0960. The molecule has 84 valence electrons. The summed E-state index contributed by atoms with van der Waals surface area (Å²) in [4.78, 5) is 0. The first-order valence-corrected chi connectivity index (χ1v) is 6.41. The Morgan fingerprint density at radius 3 is 2.53 bits per heavy atom. The molecule has 0 aliphatic heterocycles. The van der Waals surface area contributed by atoms with Gasteiger partial charge >= 0.3 is 0 Å². The molecule has 0 aromatic carbocycles. The molecule has 0 radical (unpaired) electrons. The maximum atomic E-state index is 6.29. The zero-order valence-corrected chi connectivity index (χ0v) is 9.89. The lowest BCUT2D eigenvalue weighted by Gasteiger charge is -2.32. The van der Waals surface area contributed by atoms with Crippen LogP contribution in [0.1, 0.15) is 58.3 Å². The van der Waals surface area contributed by atoms with Crippen LogP contribution in [0.4, 0.5) is 0 Å². The minimum Gasteiger partial charge on any atom is -0.325 e. The van der Waals surface area contributed by atoms with E-state index in [2.05, 4.69) is 19.1 Å². The molecule has 2 aliphatic rings. The predicted molar refractivity (Wildman–Crippen MR) is 65.7 cm³/mol. The van der Waals surface area contributed by atoms with Gasteiger partial charge in [0.1, 0.15) is 0 Å². The molecule has 1 atom stereocenters. The number of nitrogens with two attached hydrogens (primary N) is 1. The van der Waals surface area contributed by atoms with E-state index in [1.165, 1.54) is 38.5 Å². The highest BCUT2D eigenvalue weighted by Crippen LogP contribution is 2.34. The largest absolute Gasteiger partial charge is 0.325 e. The van der Waals surface area contributed by atoms with Crippen molar-refractivity contribution in [2.75, 3.05) is 0 Å². The molecule has 1 nitrogen and oxygen atoms in total. The standard InChI is InChI=1S/C14H23N/c1-2-14(15)10-8-13(9-11-14)12-6-4-3-5-7-12/h6,8H,2-5,7,9-11,15H2,1H3. The van der Waals surface area contributed by atoms with E-state index in [4.69, 9.17) is 5.73 Å². The lowest BCUT2D eigenvalue weighted by atomic mass is 9.78. The molecule has 2 aliphatic carbocycles. The van der Waals surface area contributed by atoms with Crippen LogP contribution < -0.4 is 5.73 Å². The number of hydrogen-bond donors (Lipinski definition) is 1. The summed E-state index contributed by atoms with van der Waals surface area (Å²) in [5, 5.41) is 0. The summed E-state index contributed by atoms with van der Waals surface area (Å²) in [7, 11) is 0. The number of hydrogen-bond acceptors (Lipinski definition) is 1. The maximum Gasteiger partial charge on any atom is 0.0189 e. The zero-order chi connectivity index (χ0) is 10.7. The lowest BCUT2D eigenvalue weighted by molar-refractivity contribution is 0.369. The highest BCUT2D eigenvalue weighted by Gasteiger charge is 2.26. The third-order valence-electron chi connectivity index (χ3n) is 4.05. The van der Waals surface area contributed by atoms with Crippen molar-refractivity contribution in [1.82, 2.24) is 0 Å². The second kappa shape index (κ2) is 4.52. The van der Waals surface area contributed by atoms with E-state index in [0.717, 1.165) is 12.8 Å². The first-order chi connectivity index (χ1) is 7.23. The normalized spacial score (nSPS) is 32.1. The van der Waals surface area contributed by atoms with Gasteiger partial charge in [0.25, 0.3) is 0 Å². The van der Waals surface area contributed by atoms with Crippen LogP contribution in [-0.2, 0) is 0 Å². The van der Waals surface area contributed by atoms with E-state index >= 15 is 0 Å². The SMILES string of the molecule is CCC1(N)CC=C(C2=CCCCC2)CC1. The van der Waals surface area contributed by atoms with Crippen LogP contribution in [0.3, 0.4) is 0 Å². The fraction of sp³-hybridized carbons (Fsp3) is 0.714. The van der Waals surface area contributed by atoms with E-state index in [-0.39, 0.29) is 5.54 Å². The molecule has 1 heteroatoms. The topological polar surface area (TPSA) is 26.0 Å². The summed E-state index contributed by atoms with van der Waals surface area (Å²) in [5.74, 6) is 0. The van der Waals surface area contributed by atoms with Crippen molar-refractivity contribution in [2.45, 2.75) is 63.8 Å². The number of allylic oxidation sites excluding steroid dienone is 3. The van der Waals surface area contributed by atoms with Gasteiger partial charge in [0, 0.05) is 5.54 Å². The molecule has 2 rings (SSSR count). The Kier molecular flexibility index (Phi) is 3.30. The van der Waals surface area contributed by atoms with Gasteiger partial charge in [-0.15, -0.1) is 0 Å². The van der Waals surface area contributed by atoms with Gasteiger partial charge in [-0.3, -0.25) is 0 Å². The summed E-state index contributed by atoms with van der Waals surface area (Å²) >= 11 is 0. The van der Waals surface area contributed by atoms with Crippen molar-refractivity contribution in [3.63, 3.8) is 0 Å². The van der Waals surface area contributed by atoms with Crippen LogP contribution in [0, 0.1) is 0 Å². The van der Waals surface area contributed by atoms with Crippen molar-refractivity contribution in [1.29, 1.82) is 0 Å². The third kappa shape index (κ3) is 2.52. The quantitative estimate of drug-likeness (QED) is 0.730. The molecule has 0 spiro atoms. The summed E-state index contributed by atoms with van der Waals surface area (Å²) in [6.07, 6.45) is 14.8. The van der Waals surface area contributed by atoms with E-state index in [9.17, 15) is 0 Å². The van der Waals surface area contributed by atoms with Gasteiger partial charge in [-0.25, -0.2) is 0 Å². The summed E-state index contributed by atoms with van der Waals surface area (Å²) in [5.41, 5.74) is 9.61. The molecule has 15 heavy (non-hydrogen) atoms. The second-order valence-corrected chi connectivity index (χ2v) is 5.12. The second-order valence-electron chi connectivity index (χ2n) is 5.12. The van der Waals surface area contributed by atoms with Crippen molar-refractivity contribution >= 4 is 0 Å². The zero-order valence-electron chi connectivity index (χ0n) is 9.89.